The Hall–Kier alpha value is -0.0700. The first-order chi connectivity index (χ1) is 4.27. The van der Waals surface area contributed by atoms with Gasteiger partial charge in [0.05, 0.1) is 0 Å². The molecule has 0 amide bonds. The molecule has 0 aliphatic heterocycles. The van der Waals surface area contributed by atoms with Gasteiger partial charge in [0.15, 0.2) is 0 Å². The lowest BCUT2D eigenvalue weighted by Crippen LogP contribution is -2.17. The summed E-state index contributed by atoms with van der Waals surface area (Å²) >= 11 is 0. The molecule has 0 atom stereocenters. The third kappa shape index (κ3) is 1.67. The average Bonchev–Trinajstić information content (AvgIpc) is 2.16. The van der Waals surface area contributed by atoms with Crippen LogP contribution in [0.1, 0.15) is 39.0 Å². The molecule has 0 saturated heterocycles. The Labute approximate surface area is 56.5 Å². The fraction of sp³-hybridized carbons (Fsp3) is 0.875. The van der Waals surface area contributed by atoms with Crippen molar-refractivity contribution in [1.29, 1.82) is 0 Å². The van der Waals surface area contributed by atoms with Gasteiger partial charge in [0.2, 0.25) is 0 Å². The summed E-state index contributed by atoms with van der Waals surface area (Å²) in [5.41, 5.74) is -0.880. The van der Waals surface area contributed by atoms with E-state index in [0.717, 1.165) is 32.1 Å². The maximum absolute atomic E-state index is 13.3. The van der Waals surface area contributed by atoms with Gasteiger partial charge in [-0.1, -0.05) is 19.8 Å². The van der Waals surface area contributed by atoms with Crippen molar-refractivity contribution < 1.29 is 4.39 Å². The van der Waals surface area contributed by atoms with Crippen LogP contribution in [0.15, 0.2) is 0 Å². The van der Waals surface area contributed by atoms with Crippen LogP contribution in [0, 0.1) is 6.42 Å². The van der Waals surface area contributed by atoms with Gasteiger partial charge in [-0.3, -0.25) is 0 Å². The number of alkyl halides is 1. The topological polar surface area (TPSA) is 0 Å². The third-order valence-corrected chi connectivity index (χ3v) is 2.00. The van der Waals surface area contributed by atoms with Crippen LogP contribution < -0.4 is 0 Å². The summed E-state index contributed by atoms with van der Waals surface area (Å²) in [5, 5.41) is 0. The van der Waals surface area contributed by atoms with Gasteiger partial charge < -0.3 is 0 Å². The number of hydrogen-bond donors (Lipinski definition) is 0. The highest BCUT2D eigenvalue weighted by Gasteiger charge is 2.32. The summed E-state index contributed by atoms with van der Waals surface area (Å²) in [7, 11) is 0. The Morgan fingerprint density at radius 2 is 2.00 bits per heavy atom. The zero-order valence-electron chi connectivity index (χ0n) is 5.99. The van der Waals surface area contributed by atoms with Gasteiger partial charge in [0.1, 0.15) is 5.67 Å². The molecule has 0 heterocycles. The third-order valence-electron chi connectivity index (χ3n) is 2.00. The molecule has 0 aromatic carbocycles. The minimum absolute atomic E-state index is 0.765. The highest BCUT2D eigenvalue weighted by Crippen LogP contribution is 2.36. The van der Waals surface area contributed by atoms with E-state index < -0.39 is 5.67 Å². The first-order valence-corrected chi connectivity index (χ1v) is 3.80. The van der Waals surface area contributed by atoms with Crippen molar-refractivity contribution in [2.45, 2.75) is 44.7 Å². The quantitative estimate of drug-likeness (QED) is 0.537. The summed E-state index contributed by atoms with van der Waals surface area (Å²) in [4.78, 5) is 0. The Kier molecular flexibility index (Phi) is 2.09. The van der Waals surface area contributed by atoms with Gasteiger partial charge in [-0.15, -0.1) is 0 Å². The minimum Gasteiger partial charge on any atom is -0.244 e. The molecule has 1 saturated carbocycles. The maximum Gasteiger partial charge on any atom is 0.114 e. The van der Waals surface area contributed by atoms with E-state index in [9.17, 15) is 4.39 Å². The largest absolute Gasteiger partial charge is 0.244 e. The van der Waals surface area contributed by atoms with E-state index in [0.29, 0.717) is 0 Å². The maximum atomic E-state index is 13.3. The van der Waals surface area contributed by atoms with E-state index in [1.165, 1.54) is 0 Å². The normalized spacial score (nSPS) is 24.7. The molecule has 0 unspecified atom stereocenters. The number of rotatable bonds is 2. The molecule has 0 nitrogen and oxygen atoms in total. The van der Waals surface area contributed by atoms with Crippen LogP contribution in [0.3, 0.4) is 0 Å². The Morgan fingerprint density at radius 3 is 2.44 bits per heavy atom. The van der Waals surface area contributed by atoms with Crippen LogP contribution >= 0.6 is 0 Å². The highest BCUT2D eigenvalue weighted by atomic mass is 19.1. The molecule has 0 N–H and O–H groups in total. The van der Waals surface area contributed by atoms with Crippen LogP contribution in [-0.4, -0.2) is 5.67 Å². The molecule has 9 heavy (non-hydrogen) atoms. The van der Waals surface area contributed by atoms with Gasteiger partial charge in [0.25, 0.3) is 0 Å². The van der Waals surface area contributed by atoms with Gasteiger partial charge in [-0.05, 0) is 25.7 Å². The van der Waals surface area contributed by atoms with Crippen molar-refractivity contribution in [2.24, 2.45) is 0 Å². The predicted molar refractivity (Wildman–Crippen MR) is 36.9 cm³/mol. The summed E-state index contributed by atoms with van der Waals surface area (Å²) in [6, 6.07) is 0. The van der Waals surface area contributed by atoms with Crippen LogP contribution in [0.25, 0.3) is 0 Å². The molecule has 0 bridgehead atoms. The zero-order chi connectivity index (χ0) is 6.74. The van der Waals surface area contributed by atoms with Crippen LogP contribution in [0.2, 0.25) is 0 Å². The molecule has 53 valence electrons. The van der Waals surface area contributed by atoms with Gasteiger partial charge >= 0.3 is 0 Å². The van der Waals surface area contributed by atoms with Crippen molar-refractivity contribution in [1.82, 2.24) is 0 Å². The SMILES string of the molecule is CC[CH]C1(F)CCCC1. The zero-order valence-corrected chi connectivity index (χ0v) is 5.99. The van der Waals surface area contributed by atoms with Gasteiger partial charge in [0, 0.05) is 0 Å². The molecule has 0 spiro atoms. The fourth-order valence-electron chi connectivity index (χ4n) is 1.53. The molecule has 1 heteroatoms. The van der Waals surface area contributed by atoms with E-state index in [2.05, 4.69) is 0 Å². The predicted octanol–water partition coefficient (Wildman–Crippen LogP) is 2.88. The summed E-state index contributed by atoms with van der Waals surface area (Å²) in [6.07, 6.45) is 6.37. The van der Waals surface area contributed by atoms with Crippen LogP contribution in [-0.2, 0) is 0 Å². The summed E-state index contributed by atoms with van der Waals surface area (Å²) in [6.45, 7) is 2.00. The Bertz CT molecular complexity index is 82.6. The molecular formula is C8H14F. The second-order valence-corrected chi connectivity index (χ2v) is 2.85. The smallest absolute Gasteiger partial charge is 0.114 e. The number of halogens is 1. The monoisotopic (exact) mass is 129 g/mol. The van der Waals surface area contributed by atoms with Gasteiger partial charge in [-0.2, -0.15) is 0 Å². The molecule has 0 aromatic heterocycles. The van der Waals surface area contributed by atoms with Crippen molar-refractivity contribution in [3.05, 3.63) is 6.42 Å². The molecule has 0 aromatic rings. The Morgan fingerprint density at radius 1 is 1.44 bits per heavy atom. The second kappa shape index (κ2) is 2.68. The number of hydrogen-bond acceptors (Lipinski definition) is 0. The first kappa shape index (κ1) is 7.04. The first-order valence-electron chi connectivity index (χ1n) is 3.80. The second-order valence-electron chi connectivity index (χ2n) is 2.85. The fourth-order valence-corrected chi connectivity index (χ4v) is 1.53. The highest BCUT2D eigenvalue weighted by molar-refractivity contribution is 4.95. The van der Waals surface area contributed by atoms with Crippen molar-refractivity contribution in [2.75, 3.05) is 0 Å². The molecule has 1 fully saturated rings. The lowest BCUT2D eigenvalue weighted by molar-refractivity contribution is 0.212. The van der Waals surface area contributed by atoms with Crippen molar-refractivity contribution in [3.63, 3.8) is 0 Å². The molecule has 1 aliphatic rings. The lowest BCUT2D eigenvalue weighted by Gasteiger charge is -2.16. The minimum atomic E-state index is -0.880. The average molecular weight is 129 g/mol. The summed E-state index contributed by atoms with van der Waals surface area (Å²) in [5.74, 6) is 0. The van der Waals surface area contributed by atoms with Crippen molar-refractivity contribution >= 4 is 0 Å². The summed E-state index contributed by atoms with van der Waals surface area (Å²) < 4.78 is 13.3. The van der Waals surface area contributed by atoms with Crippen LogP contribution in [0.5, 0.6) is 0 Å². The standard InChI is InChI=1S/C8H14F/c1-2-5-8(9)6-3-4-7-8/h5H,2-4,6-7H2,1H3. The van der Waals surface area contributed by atoms with E-state index in [1.807, 2.05) is 13.3 Å². The molecular weight excluding hydrogens is 115 g/mol. The van der Waals surface area contributed by atoms with Crippen molar-refractivity contribution in [3.8, 4) is 0 Å². The van der Waals surface area contributed by atoms with E-state index in [-0.39, 0.29) is 0 Å². The Balaban J connectivity index is 2.32. The van der Waals surface area contributed by atoms with E-state index in [4.69, 9.17) is 0 Å². The van der Waals surface area contributed by atoms with E-state index in [1.54, 1.807) is 0 Å². The lowest BCUT2D eigenvalue weighted by atomic mass is 9.99. The van der Waals surface area contributed by atoms with Crippen LogP contribution in [0.4, 0.5) is 4.39 Å². The van der Waals surface area contributed by atoms with Gasteiger partial charge in [-0.25, -0.2) is 4.39 Å². The van der Waals surface area contributed by atoms with E-state index >= 15 is 0 Å². The molecule has 1 aliphatic carbocycles. The molecule has 1 rings (SSSR count). The molecule has 1 radical (unpaired) electrons.